The first-order valence-corrected chi connectivity index (χ1v) is 11.1. The number of nitrogens with one attached hydrogen (secondary N) is 2. The van der Waals surface area contributed by atoms with Gasteiger partial charge in [0, 0.05) is 12.0 Å². The van der Waals surface area contributed by atoms with Crippen LogP contribution in [-0.2, 0) is 4.79 Å². The molecule has 10 heteroatoms. The lowest BCUT2D eigenvalue weighted by Gasteiger charge is -2.16. The van der Waals surface area contributed by atoms with Gasteiger partial charge in [-0.3, -0.25) is 14.6 Å². The Labute approximate surface area is 188 Å². The number of aromatic amines is 1. The van der Waals surface area contributed by atoms with Crippen molar-refractivity contribution in [1.29, 1.82) is 0 Å². The van der Waals surface area contributed by atoms with E-state index in [0.717, 1.165) is 30.5 Å². The van der Waals surface area contributed by atoms with E-state index in [1.165, 1.54) is 17.5 Å². The number of carbonyl (C=O) groups excluding carboxylic acids is 2. The number of imidazole rings is 1. The van der Waals surface area contributed by atoms with Gasteiger partial charge in [0.1, 0.15) is 10.7 Å². The average Bonchev–Trinajstić information content (AvgIpc) is 3.41. The number of halogens is 2. The van der Waals surface area contributed by atoms with Crippen molar-refractivity contribution in [2.45, 2.75) is 38.1 Å². The molecule has 4 N–H and O–H groups in total. The van der Waals surface area contributed by atoms with E-state index < -0.39 is 0 Å². The molecule has 0 bridgehead atoms. The number of nitrogens with two attached hydrogens (primary N) is 1. The molecule has 3 rings (SSSR count). The van der Waals surface area contributed by atoms with Crippen molar-refractivity contribution in [2.24, 2.45) is 5.73 Å². The van der Waals surface area contributed by atoms with Crippen molar-refractivity contribution in [3.63, 3.8) is 0 Å². The minimum atomic E-state index is -0.315. The highest BCUT2D eigenvalue weighted by Gasteiger charge is 2.20. The number of nitrogens with zero attached hydrogens (tertiary/aromatic N) is 2. The van der Waals surface area contributed by atoms with Crippen molar-refractivity contribution in [3.05, 3.63) is 56.9 Å². The summed E-state index contributed by atoms with van der Waals surface area (Å²) in [5.74, 6) is 0.137. The summed E-state index contributed by atoms with van der Waals surface area (Å²) in [5, 5.41) is 3.95. The molecule has 30 heavy (non-hydrogen) atoms. The summed E-state index contributed by atoms with van der Waals surface area (Å²) >= 11 is 13.4. The van der Waals surface area contributed by atoms with Gasteiger partial charge in [0.15, 0.2) is 0 Å². The second-order valence-corrected chi connectivity index (χ2v) is 8.47. The van der Waals surface area contributed by atoms with E-state index in [9.17, 15) is 9.59 Å². The minimum absolute atomic E-state index is 0.202. The number of benzene rings is 1. The van der Waals surface area contributed by atoms with Gasteiger partial charge in [-0.1, -0.05) is 42.1 Å². The Morgan fingerprint density at radius 3 is 2.70 bits per heavy atom. The van der Waals surface area contributed by atoms with Crippen molar-refractivity contribution >= 4 is 46.4 Å². The lowest BCUT2D eigenvalue weighted by Crippen LogP contribution is -2.28. The maximum absolute atomic E-state index is 12.6. The Bertz CT molecular complexity index is 1010. The van der Waals surface area contributed by atoms with Crippen LogP contribution < -0.4 is 11.1 Å². The maximum Gasteiger partial charge on any atom is 0.263 e. The third-order valence-corrected chi connectivity index (χ3v) is 6.04. The number of aromatic nitrogens is 3. The van der Waals surface area contributed by atoms with Crippen LogP contribution in [0.3, 0.4) is 0 Å². The van der Waals surface area contributed by atoms with Crippen LogP contribution >= 0.6 is 34.5 Å². The van der Waals surface area contributed by atoms with Crippen LogP contribution in [0.2, 0.25) is 10.0 Å². The molecule has 0 saturated heterocycles. The van der Waals surface area contributed by atoms with E-state index in [1.807, 2.05) is 6.07 Å². The molecule has 0 aliphatic heterocycles. The van der Waals surface area contributed by atoms with Crippen LogP contribution in [-0.4, -0.2) is 26.8 Å². The highest BCUT2D eigenvalue weighted by Crippen LogP contribution is 2.29. The maximum atomic E-state index is 12.6. The first kappa shape index (κ1) is 22.3. The third-order valence-electron chi connectivity index (χ3n) is 4.53. The first-order chi connectivity index (χ1) is 14.4. The van der Waals surface area contributed by atoms with E-state index in [4.69, 9.17) is 28.9 Å². The number of hydrogen-bond acceptors (Lipinski definition) is 5. The largest absolute Gasteiger partial charge is 0.370 e. The van der Waals surface area contributed by atoms with Gasteiger partial charge in [-0.2, -0.15) is 0 Å². The number of carbonyl (C=O) groups is 2. The molecule has 2 amide bonds. The molecule has 0 saturated carbocycles. The van der Waals surface area contributed by atoms with Crippen molar-refractivity contribution in [1.82, 2.24) is 20.3 Å². The van der Waals surface area contributed by atoms with Crippen LogP contribution in [0.5, 0.6) is 0 Å². The molecule has 0 spiro atoms. The molecule has 1 aromatic carbocycles. The molecular formula is C20H21Cl2N5O2S. The third kappa shape index (κ3) is 6.04. The molecule has 1 atom stereocenters. The average molecular weight is 466 g/mol. The Morgan fingerprint density at radius 1 is 1.17 bits per heavy atom. The molecule has 2 aromatic heterocycles. The van der Waals surface area contributed by atoms with Gasteiger partial charge in [-0.15, -0.1) is 11.3 Å². The minimum Gasteiger partial charge on any atom is -0.370 e. The summed E-state index contributed by atoms with van der Waals surface area (Å²) in [6.07, 6.45) is 6.62. The molecule has 0 aliphatic carbocycles. The number of H-pyrrole nitrogens is 1. The van der Waals surface area contributed by atoms with Crippen molar-refractivity contribution in [3.8, 4) is 11.3 Å². The number of primary amides is 1. The zero-order valence-electron chi connectivity index (χ0n) is 16.0. The molecule has 0 aliphatic rings. The highest BCUT2D eigenvalue weighted by molar-refractivity contribution is 7.11. The summed E-state index contributed by atoms with van der Waals surface area (Å²) in [6.45, 7) is 0. The fourth-order valence-corrected chi connectivity index (χ4v) is 3.80. The summed E-state index contributed by atoms with van der Waals surface area (Å²) in [5.41, 5.74) is 8.42. The smallest absolute Gasteiger partial charge is 0.263 e. The molecule has 7 nitrogen and oxygen atoms in total. The predicted octanol–water partition coefficient (Wildman–Crippen LogP) is 4.75. The Morgan fingerprint density at radius 2 is 2.00 bits per heavy atom. The predicted molar refractivity (Wildman–Crippen MR) is 119 cm³/mol. The van der Waals surface area contributed by atoms with Crippen molar-refractivity contribution in [2.75, 3.05) is 0 Å². The van der Waals surface area contributed by atoms with E-state index in [1.54, 1.807) is 23.8 Å². The molecule has 0 radical (unpaired) electrons. The van der Waals surface area contributed by atoms with Gasteiger partial charge in [-0.25, -0.2) is 4.98 Å². The molecule has 158 valence electrons. The lowest BCUT2D eigenvalue weighted by molar-refractivity contribution is -0.118. The summed E-state index contributed by atoms with van der Waals surface area (Å²) < 4.78 is 0. The summed E-state index contributed by atoms with van der Waals surface area (Å²) in [4.78, 5) is 35.7. The number of rotatable bonds is 10. The Hall–Kier alpha value is -2.42. The normalized spacial score (nSPS) is 11.9. The van der Waals surface area contributed by atoms with Crippen LogP contribution in [0, 0.1) is 0 Å². The Kier molecular flexibility index (Phi) is 7.84. The number of amides is 2. The first-order valence-electron chi connectivity index (χ1n) is 9.42. The quantitative estimate of drug-likeness (QED) is 0.374. The fourth-order valence-electron chi connectivity index (χ4n) is 2.98. The number of hydrogen-bond donors (Lipinski definition) is 3. The van der Waals surface area contributed by atoms with E-state index in [0.29, 0.717) is 33.6 Å². The van der Waals surface area contributed by atoms with Crippen molar-refractivity contribution < 1.29 is 9.59 Å². The SMILES string of the molecule is NC(=O)CCCCC[C@H](NC(=O)c1cncs1)c1ncc(-c2ccc(Cl)c(Cl)c2)[nH]1. The van der Waals surface area contributed by atoms with Crippen LogP contribution in [0.25, 0.3) is 11.3 Å². The fraction of sp³-hybridized carbons (Fsp3) is 0.300. The summed E-state index contributed by atoms with van der Waals surface area (Å²) in [6, 6.07) is 5.02. The van der Waals surface area contributed by atoms with Crippen LogP contribution in [0.4, 0.5) is 0 Å². The van der Waals surface area contributed by atoms with Gasteiger partial charge >= 0.3 is 0 Å². The number of thiazole rings is 1. The Balaban J connectivity index is 1.73. The second-order valence-electron chi connectivity index (χ2n) is 6.77. The van der Waals surface area contributed by atoms with Gasteiger partial charge in [0.25, 0.3) is 5.91 Å². The summed E-state index contributed by atoms with van der Waals surface area (Å²) in [7, 11) is 0. The topological polar surface area (TPSA) is 114 Å². The zero-order valence-corrected chi connectivity index (χ0v) is 18.4. The van der Waals surface area contributed by atoms with Crippen LogP contribution in [0.1, 0.15) is 53.6 Å². The van der Waals surface area contributed by atoms with E-state index >= 15 is 0 Å². The molecule has 0 fully saturated rings. The van der Waals surface area contributed by atoms with E-state index in [2.05, 4.69) is 20.3 Å². The molecule has 3 aromatic rings. The standard InChI is InChI=1S/C20H21Cl2N5O2S/c21-13-7-6-12(8-14(13)22)16-9-25-19(26-16)15(4-2-1-3-5-18(23)28)27-20(29)17-10-24-11-30-17/h6-11,15H,1-5H2,(H2,23,28)(H,25,26)(H,27,29)/t15-/m0/s1. The van der Waals surface area contributed by atoms with Gasteiger partial charge in [-0.05, 0) is 25.0 Å². The lowest BCUT2D eigenvalue weighted by atomic mass is 10.1. The highest BCUT2D eigenvalue weighted by atomic mass is 35.5. The van der Waals surface area contributed by atoms with Gasteiger partial charge in [0.2, 0.25) is 5.91 Å². The van der Waals surface area contributed by atoms with Gasteiger partial charge < -0.3 is 16.0 Å². The zero-order chi connectivity index (χ0) is 21.5. The molecule has 2 heterocycles. The monoisotopic (exact) mass is 465 g/mol. The van der Waals surface area contributed by atoms with Crippen LogP contribution in [0.15, 0.2) is 36.1 Å². The molecular weight excluding hydrogens is 445 g/mol. The second kappa shape index (κ2) is 10.6. The molecule has 0 unspecified atom stereocenters. The number of unbranched alkanes of at least 4 members (excludes halogenated alkanes) is 2. The van der Waals surface area contributed by atoms with Gasteiger partial charge in [0.05, 0.1) is 39.7 Å². The van der Waals surface area contributed by atoms with E-state index in [-0.39, 0.29) is 17.9 Å².